The quantitative estimate of drug-likeness (QED) is 0.783. The van der Waals surface area contributed by atoms with Gasteiger partial charge in [0.25, 0.3) is 0 Å². The topological polar surface area (TPSA) is 26.0 Å². The van der Waals surface area contributed by atoms with E-state index in [1.807, 2.05) is 12.1 Å². The van der Waals surface area contributed by atoms with Crippen LogP contribution in [0.15, 0.2) is 22.7 Å². The number of alkyl halides is 1. The maximum absolute atomic E-state index is 5.78. The van der Waals surface area contributed by atoms with Gasteiger partial charge in [-0.1, -0.05) is 6.07 Å². The van der Waals surface area contributed by atoms with Gasteiger partial charge in [-0.2, -0.15) is 0 Å². The average molecular weight is 277 g/mol. The molecule has 2 N–H and O–H groups in total. The lowest BCUT2D eigenvalue weighted by Gasteiger charge is -2.00. The summed E-state index contributed by atoms with van der Waals surface area (Å²) < 4.78 is 2.26. The predicted octanol–water partition coefficient (Wildman–Crippen LogP) is 3.98. The molecule has 4 heteroatoms. The summed E-state index contributed by atoms with van der Waals surface area (Å²) in [5, 5.41) is 1.99. The first-order valence-corrected chi connectivity index (χ1v) is 5.89. The van der Waals surface area contributed by atoms with Crippen molar-refractivity contribution in [1.82, 2.24) is 0 Å². The first kappa shape index (κ1) is 9.31. The molecule has 1 aromatic heterocycles. The monoisotopic (exact) mass is 275 g/mol. The molecule has 0 amide bonds. The summed E-state index contributed by atoms with van der Waals surface area (Å²) in [5.41, 5.74) is 6.82. The highest BCUT2D eigenvalue weighted by atomic mass is 79.9. The molecule has 0 aliphatic carbocycles. The van der Waals surface area contributed by atoms with E-state index >= 15 is 0 Å². The maximum atomic E-state index is 5.78. The fourth-order valence-corrected chi connectivity index (χ4v) is 3.20. The second-order valence-corrected chi connectivity index (χ2v) is 4.91. The standard InChI is InChI=1S/C9H7BrClNS/c10-9-5(4-11)1-2-7-6(9)3-8(12)13-7/h1-3H,4,12H2. The van der Waals surface area contributed by atoms with Gasteiger partial charge in [-0.15, -0.1) is 22.9 Å². The second kappa shape index (κ2) is 3.48. The van der Waals surface area contributed by atoms with Gasteiger partial charge in [0, 0.05) is 20.4 Å². The van der Waals surface area contributed by atoms with Crippen LogP contribution in [-0.2, 0) is 5.88 Å². The molecule has 2 aromatic rings. The van der Waals surface area contributed by atoms with Crippen LogP contribution in [0.2, 0.25) is 0 Å². The predicted molar refractivity (Wildman–Crippen MR) is 63.5 cm³/mol. The van der Waals surface area contributed by atoms with Gasteiger partial charge in [0.1, 0.15) is 0 Å². The fourth-order valence-electron chi connectivity index (χ4n) is 1.25. The number of thiophene rings is 1. The molecule has 0 saturated carbocycles. The average Bonchev–Trinajstić information content (AvgIpc) is 2.47. The van der Waals surface area contributed by atoms with Gasteiger partial charge in [0.15, 0.2) is 0 Å². The van der Waals surface area contributed by atoms with Crippen molar-refractivity contribution in [3.05, 3.63) is 28.2 Å². The Hall–Kier alpha value is -0.250. The third kappa shape index (κ3) is 1.56. The van der Waals surface area contributed by atoms with E-state index in [4.69, 9.17) is 17.3 Å². The van der Waals surface area contributed by atoms with Crippen LogP contribution in [0.5, 0.6) is 0 Å². The van der Waals surface area contributed by atoms with Gasteiger partial charge in [0.05, 0.1) is 5.00 Å². The SMILES string of the molecule is Nc1cc2c(Br)c(CCl)ccc2s1. The van der Waals surface area contributed by atoms with Crippen LogP contribution in [0.25, 0.3) is 10.1 Å². The zero-order valence-corrected chi connectivity index (χ0v) is 9.84. The highest BCUT2D eigenvalue weighted by molar-refractivity contribution is 9.10. The Kier molecular flexibility index (Phi) is 2.49. The van der Waals surface area contributed by atoms with Crippen LogP contribution in [-0.4, -0.2) is 0 Å². The summed E-state index contributed by atoms with van der Waals surface area (Å²) >= 11 is 10.9. The van der Waals surface area contributed by atoms with E-state index < -0.39 is 0 Å². The summed E-state index contributed by atoms with van der Waals surface area (Å²) in [6, 6.07) is 6.05. The number of hydrogen-bond acceptors (Lipinski definition) is 2. The number of nitrogens with two attached hydrogens (primary N) is 1. The lowest BCUT2D eigenvalue weighted by atomic mass is 10.2. The summed E-state index contributed by atoms with van der Waals surface area (Å²) in [5.74, 6) is 0.520. The largest absolute Gasteiger partial charge is 0.391 e. The molecule has 0 atom stereocenters. The Morgan fingerprint density at radius 3 is 2.92 bits per heavy atom. The van der Waals surface area contributed by atoms with Crippen LogP contribution in [0.1, 0.15) is 5.56 Å². The van der Waals surface area contributed by atoms with Gasteiger partial charge in [-0.3, -0.25) is 0 Å². The molecule has 0 aliphatic rings. The Morgan fingerprint density at radius 2 is 2.23 bits per heavy atom. The molecular formula is C9H7BrClNS. The van der Waals surface area contributed by atoms with Crippen LogP contribution < -0.4 is 5.73 Å². The van der Waals surface area contributed by atoms with Gasteiger partial charge in [0.2, 0.25) is 0 Å². The molecule has 0 aliphatic heterocycles. The lowest BCUT2D eigenvalue weighted by molar-refractivity contribution is 1.40. The van der Waals surface area contributed by atoms with Crippen molar-refractivity contribution in [1.29, 1.82) is 0 Å². The van der Waals surface area contributed by atoms with Crippen molar-refractivity contribution in [3.63, 3.8) is 0 Å². The molecule has 13 heavy (non-hydrogen) atoms. The van der Waals surface area contributed by atoms with E-state index in [-0.39, 0.29) is 0 Å². The van der Waals surface area contributed by atoms with Crippen molar-refractivity contribution >= 4 is 54.0 Å². The molecule has 0 radical (unpaired) electrons. The number of fused-ring (bicyclic) bond motifs is 1. The number of hydrogen-bond donors (Lipinski definition) is 1. The summed E-state index contributed by atoms with van der Waals surface area (Å²) in [7, 11) is 0. The smallest absolute Gasteiger partial charge is 0.0869 e. The van der Waals surface area contributed by atoms with Crippen LogP contribution in [0.3, 0.4) is 0 Å². The molecule has 68 valence electrons. The summed E-state index contributed by atoms with van der Waals surface area (Å²) in [4.78, 5) is 0. The summed E-state index contributed by atoms with van der Waals surface area (Å²) in [6.45, 7) is 0. The molecule has 2 rings (SSSR count). The van der Waals surface area contributed by atoms with E-state index in [1.165, 1.54) is 4.70 Å². The molecule has 0 spiro atoms. The molecular weight excluding hydrogens is 270 g/mol. The lowest BCUT2D eigenvalue weighted by Crippen LogP contribution is -1.79. The molecule has 0 unspecified atom stereocenters. The van der Waals surface area contributed by atoms with Crippen LogP contribution >= 0.6 is 38.9 Å². The Bertz CT molecular complexity index is 452. The first-order chi connectivity index (χ1) is 6.22. The zero-order chi connectivity index (χ0) is 9.42. The second-order valence-electron chi connectivity index (χ2n) is 2.73. The Balaban J connectivity index is 2.78. The zero-order valence-electron chi connectivity index (χ0n) is 6.68. The van der Waals surface area contributed by atoms with Crippen molar-refractivity contribution < 1.29 is 0 Å². The maximum Gasteiger partial charge on any atom is 0.0869 e. The molecule has 1 aromatic carbocycles. The minimum atomic E-state index is 0.520. The Labute approximate surface area is 93.6 Å². The van der Waals surface area contributed by atoms with Crippen molar-refractivity contribution in [3.8, 4) is 0 Å². The molecule has 0 bridgehead atoms. The van der Waals surface area contributed by atoms with E-state index in [0.717, 1.165) is 20.4 Å². The molecule has 1 heterocycles. The van der Waals surface area contributed by atoms with Crippen molar-refractivity contribution in [2.45, 2.75) is 5.88 Å². The van der Waals surface area contributed by atoms with Gasteiger partial charge < -0.3 is 5.73 Å². The van der Waals surface area contributed by atoms with E-state index in [1.54, 1.807) is 11.3 Å². The van der Waals surface area contributed by atoms with Gasteiger partial charge in [-0.05, 0) is 33.6 Å². The van der Waals surface area contributed by atoms with E-state index in [9.17, 15) is 0 Å². The van der Waals surface area contributed by atoms with Gasteiger partial charge in [-0.25, -0.2) is 0 Å². The fraction of sp³-hybridized carbons (Fsp3) is 0.111. The molecule has 1 nitrogen and oxygen atoms in total. The third-order valence-corrected chi connectivity index (χ3v) is 4.03. The number of benzene rings is 1. The molecule has 0 fully saturated rings. The van der Waals surface area contributed by atoms with Crippen molar-refractivity contribution in [2.24, 2.45) is 0 Å². The molecule has 0 saturated heterocycles. The van der Waals surface area contributed by atoms with Crippen LogP contribution in [0.4, 0.5) is 5.00 Å². The third-order valence-electron chi connectivity index (χ3n) is 1.88. The summed E-state index contributed by atoms with van der Waals surface area (Å²) in [6.07, 6.45) is 0. The highest BCUT2D eigenvalue weighted by Crippen LogP contribution is 2.35. The number of rotatable bonds is 1. The normalized spacial score (nSPS) is 10.9. The Morgan fingerprint density at radius 1 is 1.46 bits per heavy atom. The van der Waals surface area contributed by atoms with E-state index in [0.29, 0.717) is 5.88 Å². The number of anilines is 1. The highest BCUT2D eigenvalue weighted by Gasteiger charge is 2.06. The van der Waals surface area contributed by atoms with Crippen LogP contribution in [0, 0.1) is 0 Å². The van der Waals surface area contributed by atoms with E-state index in [2.05, 4.69) is 22.0 Å². The van der Waals surface area contributed by atoms with Gasteiger partial charge >= 0.3 is 0 Å². The first-order valence-electron chi connectivity index (χ1n) is 3.74. The number of nitrogen functional groups attached to an aromatic ring is 1. The number of halogens is 2. The minimum absolute atomic E-state index is 0.520. The minimum Gasteiger partial charge on any atom is -0.391 e. The van der Waals surface area contributed by atoms with Crippen molar-refractivity contribution in [2.75, 3.05) is 5.73 Å².